The molecule has 10 N–H and O–H groups in total. The number of anilines is 3. The Balaban J connectivity index is 1.15. The number of aliphatic hydroxyl groups is 4. The van der Waals surface area contributed by atoms with Crippen molar-refractivity contribution in [2.24, 2.45) is 5.14 Å². The molecule has 21 heteroatoms. The standard InChI is InChI=1S/C34H41N11O9S/c35-55(53,54)22-8-6-19(7-9-22)38-33(51)39-20-10-11-43(14-20)32-41-29(37-21(15-46)12-18-4-2-1-3-5-18)26-30(42-32)44(17-36-26)24-13-25(28(49)27(24)48)45-31(50)23(16-47)40-34(45)52/h1-9,17,20-21,23-25,27-28,46-49H,10-16H2,(H,40,52)(H2,35,53,54)(H,37,41,42)(H2,38,39,51)/t20?,21-,23+,24+,25-,27-,28+/m0/s1. The Kier molecular flexibility index (Phi) is 10.6. The lowest BCUT2D eigenvalue weighted by Crippen LogP contribution is -2.47. The van der Waals surface area contributed by atoms with Gasteiger partial charge in [0.2, 0.25) is 16.0 Å². The molecular formula is C34H41N11O9S. The fraction of sp³-hybridized carbons (Fsp3) is 0.412. The lowest BCUT2D eigenvalue weighted by Gasteiger charge is -2.24. The van der Waals surface area contributed by atoms with Crippen LogP contribution in [0.1, 0.15) is 24.4 Å². The molecule has 2 aromatic carbocycles. The van der Waals surface area contributed by atoms with Crippen LogP contribution in [0, 0.1) is 0 Å². The highest BCUT2D eigenvalue weighted by molar-refractivity contribution is 7.89. The number of nitrogens with two attached hydrogens (primary N) is 1. The van der Waals surface area contributed by atoms with Crippen molar-refractivity contribution in [1.82, 2.24) is 35.1 Å². The fourth-order valence-electron chi connectivity index (χ4n) is 7.29. The van der Waals surface area contributed by atoms with Gasteiger partial charge in [-0.1, -0.05) is 30.3 Å². The highest BCUT2D eigenvalue weighted by atomic mass is 32.2. The van der Waals surface area contributed by atoms with Crippen LogP contribution >= 0.6 is 0 Å². The second kappa shape index (κ2) is 15.4. The maximum absolute atomic E-state index is 12.9. The second-order valence-electron chi connectivity index (χ2n) is 13.8. The molecule has 3 fully saturated rings. The highest BCUT2D eigenvalue weighted by Gasteiger charge is 2.52. The molecule has 7 atom stereocenters. The van der Waals surface area contributed by atoms with Crippen molar-refractivity contribution in [2.45, 2.75) is 66.6 Å². The number of aromatic nitrogens is 4. The van der Waals surface area contributed by atoms with Gasteiger partial charge in [-0.2, -0.15) is 9.97 Å². The van der Waals surface area contributed by atoms with Gasteiger partial charge in [0.15, 0.2) is 17.0 Å². The minimum absolute atomic E-state index is 0.0456. The average Bonchev–Trinajstić information content (AvgIpc) is 3.93. The predicted octanol–water partition coefficient (Wildman–Crippen LogP) is -1.16. The Morgan fingerprint density at radius 1 is 1.02 bits per heavy atom. The summed E-state index contributed by atoms with van der Waals surface area (Å²) < 4.78 is 24.7. The summed E-state index contributed by atoms with van der Waals surface area (Å²) in [5.41, 5.74) is 1.90. The molecular weight excluding hydrogens is 739 g/mol. The zero-order valence-electron chi connectivity index (χ0n) is 29.3. The van der Waals surface area contributed by atoms with E-state index in [0.717, 1.165) is 10.5 Å². The third-order valence-corrected chi connectivity index (χ3v) is 11.0. The van der Waals surface area contributed by atoms with E-state index in [0.29, 0.717) is 37.1 Å². The molecule has 20 nitrogen and oxygen atoms in total. The predicted molar refractivity (Wildman–Crippen MR) is 196 cm³/mol. The van der Waals surface area contributed by atoms with E-state index in [4.69, 9.17) is 15.1 Å². The SMILES string of the molecule is NS(=O)(=O)c1ccc(NC(=O)NC2CCN(c3nc(N[C@H](CO)Cc4ccccc4)c4ncn([C@@H]5C[C@H](N6C(=O)N[C@H](CO)C6=O)[C@@H](O)[C@H]5O)c4n3)C2)cc1. The van der Waals surface area contributed by atoms with Crippen LogP contribution in [-0.4, -0.2) is 134 Å². The van der Waals surface area contributed by atoms with Crippen molar-refractivity contribution in [3.63, 3.8) is 0 Å². The third-order valence-electron chi connectivity index (χ3n) is 10.1. The highest BCUT2D eigenvalue weighted by Crippen LogP contribution is 2.38. The summed E-state index contributed by atoms with van der Waals surface area (Å²) in [4.78, 5) is 55.2. The topological polar surface area (TPSA) is 290 Å². The van der Waals surface area contributed by atoms with Gasteiger partial charge < -0.3 is 51.2 Å². The van der Waals surface area contributed by atoms with Gasteiger partial charge in [-0.05, 0) is 49.1 Å². The molecule has 0 spiro atoms. The molecule has 5 amide bonds. The molecule has 4 aromatic rings. The number of aliphatic hydroxyl groups excluding tert-OH is 4. The van der Waals surface area contributed by atoms with Gasteiger partial charge in [0.05, 0.1) is 42.6 Å². The molecule has 2 aliphatic heterocycles. The summed E-state index contributed by atoms with van der Waals surface area (Å²) in [6.07, 6.45) is -0.602. The number of imidazole rings is 1. The zero-order chi connectivity index (χ0) is 39.0. The van der Waals surface area contributed by atoms with Gasteiger partial charge >= 0.3 is 12.1 Å². The van der Waals surface area contributed by atoms with Gasteiger partial charge in [0.1, 0.15) is 18.2 Å². The summed E-state index contributed by atoms with van der Waals surface area (Å²) in [6, 6.07) is 9.69. The monoisotopic (exact) mass is 779 g/mol. The maximum atomic E-state index is 12.9. The van der Waals surface area contributed by atoms with Crippen LogP contribution in [0.4, 0.5) is 27.0 Å². The van der Waals surface area contributed by atoms with Crippen LogP contribution in [0.25, 0.3) is 11.2 Å². The van der Waals surface area contributed by atoms with Crippen molar-refractivity contribution < 1.29 is 43.2 Å². The number of hydrogen-bond donors (Lipinski definition) is 9. The van der Waals surface area contributed by atoms with Gasteiger partial charge in [-0.15, -0.1) is 0 Å². The summed E-state index contributed by atoms with van der Waals surface area (Å²) in [5, 5.41) is 58.7. The van der Waals surface area contributed by atoms with E-state index < -0.39 is 71.0 Å². The number of primary sulfonamides is 1. The number of amides is 5. The Bertz CT molecular complexity index is 2170. The smallest absolute Gasteiger partial charge is 0.325 e. The lowest BCUT2D eigenvalue weighted by atomic mass is 10.1. The van der Waals surface area contributed by atoms with E-state index in [-0.39, 0.29) is 41.4 Å². The molecule has 55 heavy (non-hydrogen) atoms. The first kappa shape index (κ1) is 37.8. The van der Waals surface area contributed by atoms with Crippen LogP contribution in [0.2, 0.25) is 0 Å². The van der Waals surface area contributed by atoms with E-state index in [2.05, 4.69) is 26.3 Å². The number of rotatable bonds is 12. The number of fused-ring (bicyclic) bond motifs is 1. The number of hydrogen-bond acceptors (Lipinski definition) is 14. The van der Waals surface area contributed by atoms with Crippen LogP contribution in [0.5, 0.6) is 0 Å². The number of nitrogens with one attached hydrogen (secondary N) is 4. The second-order valence-corrected chi connectivity index (χ2v) is 15.3. The number of benzene rings is 2. The van der Waals surface area contributed by atoms with Gasteiger partial charge in [0.25, 0.3) is 5.91 Å². The Morgan fingerprint density at radius 2 is 1.75 bits per heavy atom. The largest absolute Gasteiger partial charge is 0.394 e. The summed E-state index contributed by atoms with van der Waals surface area (Å²) in [5.74, 6) is -0.175. The van der Waals surface area contributed by atoms with Crippen molar-refractivity contribution >= 4 is 56.6 Å². The zero-order valence-corrected chi connectivity index (χ0v) is 30.1. The summed E-state index contributed by atoms with van der Waals surface area (Å²) in [6.45, 7) is -0.131. The average molecular weight is 780 g/mol. The molecule has 1 saturated carbocycles. The molecule has 1 aliphatic carbocycles. The Morgan fingerprint density at radius 3 is 2.42 bits per heavy atom. The molecule has 3 aliphatic rings. The maximum Gasteiger partial charge on any atom is 0.325 e. The van der Waals surface area contributed by atoms with Crippen molar-refractivity contribution in [3.05, 3.63) is 66.5 Å². The molecule has 2 aromatic heterocycles. The normalized spacial score (nSPS) is 24.7. The van der Waals surface area contributed by atoms with Crippen LogP contribution in [-0.2, 0) is 21.2 Å². The van der Waals surface area contributed by atoms with Crippen molar-refractivity contribution in [3.8, 4) is 0 Å². The van der Waals surface area contributed by atoms with E-state index in [1.165, 1.54) is 30.6 Å². The molecule has 292 valence electrons. The number of carbonyl (C=O) groups is 3. The molecule has 0 radical (unpaired) electrons. The Hall–Kier alpha value is -5.45. The van der Waals surface area contributed by atoms with Gasteiger partial charge in [-0.25, -0.2) is 28.1 Å². The van der Waals surface area contributed by atoms with Gasteiger partial charge in [0, 0.05) is 24.8 Å². The van der Waals surface area contributed by atoms with Crippen molar-refractivity contribution in [1.29, 1.82) is 0 Å². The van der Waals surface area contributed by atoms with E-state index in [1.807, 2.05) is 35.2 Å². The third kappa shape index (κ3) is 7.74. The molecule has 7 rings (SSSR count). The van der Waals surface area contributed by atoms with Crippen molar-refractivity contribution in [2.75, 3.05) is 41.8 Å². The number of urea groups is 2. The number of nitrogens with zero attached hydrogens (tertiary/aromatic N) is 6. The number of carbonyl (C=O) groups excluding carboxylic acids is 3. The first-order valence-electron chi connectivity index (χ1n) is 17.6. The van der Waals surface area contributed by atoms with Gasteiger partial charge in [-0.3, -0.25) is 9.69 Å². The number of sulfonamides is 1. The lowest BCUT2D eigenvalue weighted by molar-refractivity contribution is -0.131. The van der Waals surface area contributed by atoms with Crippen LogP contribution in [0.15, 0.2) is 65.8 Å². The minimum atomic E-state index is -3.89. The fourth-order valence-corrected chi connectivity index (χ4v) is 7.80. The minimum Gasteiger partial charge on any atom is -0.394 e. The van der Waals surface area contributed by atoms with Crippen LogP contribution < -0.4 is 31.3 Å². The quantitative estimate of drug-likeness (QED) is 0.0767. The van der Waals surface area contributed by atoms with E-state index >= 15 is 0 Å². The molecule has 4 heterocycles. The Labute approximate surface area is 314 Å². The molecule has 1 unspecified atom stereocenters. The first-order chi connectivity index (χ1) is 26.3. The number of imide groups is 1. The van der Waals surface area contributed by atoms with E-state index in [9.17, 15) is 43.2 Å². The summed E-state index contributed by atoms with van der Waals surface area (Å²) in [7, 11) is -3.89. The van der Waals surface area contributed by atoms with Crippen LogP contribution in [0.3, 0.4) is 0 Å². The first-order valence-corrected chi connectivity index (χ1v) is 19.1. The van der Waals surface area contributed by atoms with E-state index in [1.54, 1.807) is 4.57 Å². The molecule has 2 saturated heterocycles. The molecule has 0 bridgehead atoms. The summed E-state index contributed by atoms with van der Waals surface area (Å²) >= 11 is 0.